The molecular formula is C60H100N4O9. The van der Waals surface area contributed by atoms with Crippen molar-refractivity contribution in [1.82, 2.24) is 5.32 Å². The smallest absolute Gasteiger partial charge is 0.407 e. The molecule has 6 aliphatic rings. The molecule has 73 heavy (non-hydrogen) atoms. The summed E-state index contributed by atoms with van der Waals surface area (Å²) in [6.07, 6.45) is 33.6. The number of carboxylic acids is 1. The minimum Gasteiger partial charge on any atom is -0.481 e. The van der Waals surface area contributed by atoms with Crippen molar-refractivity contribution in [2.75, 3.05) is 14.2 Å². The predicted octanol–water partition coefficient (Wildman–Crippen LogP) is 12.9. The van der Waals surface area contributed by atoms with E-state index in [9.17, 15) is 24.0 Å². The Hall–Kier alpha value is -5.27. The molecule has 0 saturated carbocycles. The molecule has 414 valence electrons. The third kappa shape index (κ3) is 39.9. The SMILES string of the molecule is C=CC(=C)C.C=CC(=O)OC.CC1=CCC(C(=O)O)CC1.CC1=CCC(C(N)=O)CC1.CC1=CCC(N)CC1.CC1=CC[C@H](N)CC1.CC1=CC[C@H](NC(=O)OC(C)(C)C)CC1.COC(=O)C1CC=C(C)CC1. The summed E-state index contributed by atoms with van der Waals surface area (Å²) in [5.74, 6) is -1.16. The number of hydrogen-bond donors (Lipinski definition) is 5. The predicted molar refractivity (Wildman–Crippen MR) is 301 cm³/mol. The Balaban J connectivity index is 0. The number of nitrogens with two attached hydrogens (primary N) is 3. The summed E-state index contributed by atoms with van der Waals surface area (Å²) < 4.78 is 14.0. The Morgan fingerprint density at radius 2 is 0.945 bits per heavy atom. The zero-order valence-corrected chi connectivity index (χ0v) is 47.4. The second-order valence-electron chi connectivity index (χ2n) is 20.9. The van der Waals surface area contributed by atoms with Crippen molar-refractivity contribution in [2.45, 2.75) is 209 Å². The Bertz CT molecular complexity index is 1850. The summed E-state index contributed by atoms with van der Waals surface area (Å²) in [7, 11) is 2.76. The zero-order chi connectivity index (χ0) is 56.1. The van der Waals surface area contributed by atoms with Crippen molar-refractivity contribution in [3.05, 3.63) is 107 Å². The molecule has 0 saturated heterocycles. The number of esters is 2. The van der Waals surface area contributed by atoms with Crippen LogP contribution in [0.4, 0.5) is 4.79 Å². The lowest BCUT2D eigenvalue weighted by Crippen LogP contribution is -2.39. The fourth-order valence-electron chi connectivity index (χ4n) is 7.38. The van der Waals surface area contributed by atoms with Gasteiger partial charge in [0.05, 0.1) is 26.1 Å². The van der Waals surface area contributed by atoms with Crippen molar-refractivity contribution < 1.29 is 43.3 Å². The van der Waals surface area contributed by atoms with E-state index in [0.29, 0.717) is 12.1 Å². The molecule has 0 aliphatic heterocycles. The van der Waals surface area contributed by atoms with Crippen LogP contribution in [0.15, 0.2) is 107 Å². The minimum atomic E-state index is -0.649. The quantitative estimate of drug-likeness (QED) is 0.0553. The molecule has 0 bridgehead atoms. The van der Waals surface area contributed by atoms with Crippen LogP contribution < -0.4 is 22.5 Å². The van der Waals surface area contributed by atoms with E-state index >= 15 is 0 Å². The van der Waals surface area contributed by atoms with Crippen molar-refractivity contribution in [3.8, 4) is 0 Å². The third-order valence-electron chi connectivity index (χ3n) is 12.6. The molecule has 6 rings (SSSR count). The number of allylic oxidation sites excluding steroid dienone is 11. The van der Waals surface area contributed by atoms with E-state index in [4.69, 9.17) is 27.0 Å². The van der Waals surface area contributed by atoms with Crippen molar-refractivity contribution in [1.29, 1.82) is 0 Å². The van der Waals surface area contributed by atoms with Gasteiger partial charge in [0.25, 0.3) is 0 Å². The number of primary amides is 1. The maximum atomic E-state index is 11.5. The molecular weight excluding hydrogens is 921 g/mol. The summed E-state index contributed by atoms with van der Waals surface area (Å²) in [5, 5.41) is 11.5. The number of hydrogen-bond acceptors (Lipinski definition) is 10. The Morgan fingerprint density at radius 3 is 1.18 bits per heavy atom. The topological polar surface area (TPSA) is 223 Å². The number of ether oxygens (including phenoxy) is 3. The molecule has 0 spiro atoms. The van der Waals surface area contributed by atoms with Crippen LogP contribution in [0, 0.1) is 17.8 Å². The zero-order valence-electron chi connectivity index (χ0n) is 47.4. The first-order valence-corrected chi connectivity index (χ1v) is 26.2. The molecule has 8 N–H and O–H groups in total. The van der Waals surface area contributed by atoms with Crippen molar-refractivity contribution in [3.63, 3.8) is 0 Å². The molecule has 0 aromatic carbocycles. The summed E-state index contributed by atoms with van der Waals surface area (Å²) in [5.41, 5.74) is 25.6. The second-order valence-corrected chi connectivity index (χ2v) is 20.9. The average molecular weight is 1020 g/mol. The van der Waals surface area contributed by atoms with Gasteiger partial charge in [-0.25, -0.2) is 9.59 Å². The van der Waals surface area contributed by atoms with Crippen LogP contribution >= 0.6 is 0 Å². The normalized spacial score (nSPS) is 22.7. The largest absolute Gasteiger partial charge is 0.481 e. The van der Waals surface area contributed by atoms with E-state index in [1.807, 2.05) is 33.8 Å². The molecule has 6 atom stereocenters. The van der Waals surface area contributed by atoms with Gasteiger partial charge in [0.2, 0.25) is 5.91 Å². The molecule has 0 aromatic rings. The lowest BCUT2D eigenvalue weighted by atomic mass is 9.90. The molecule has 6 aliphatic carbocycles. The van der Waals surface area contributed by atoms with E-state index < -0.39 is 17.5 Å². The van der Waals surface area contributed by atoms with Gasteiger partial charge < -0.3 is 41.8 Å². The highest BCUT2D eigenvalue weighted by molar-refractivity contribution is 5.81. The molecule has 2 amide bonds. The van der Waals surface area contributed by atoms with E-state index in [2.05, 4.69) is 106 Å². The lowest BCUT2D eigenvalue weighted by Gasteiger charge is -2.25. The molecule has 0 aromatic heterocycles. The van der Waals surface area contributed by atoms with Gasteiger partial charge in [-0.05, 0) is 185 Å². The molecule has 0 fully saturated rings. The standard InChI is InChI=1S/C12H21NO2.C9H14O2.C8H13NO.C8H12O2.2C7H13N.C5H8.C4H6O2/c1-9-5-7-10(8-6-9)13-11(14)15-12(2,3)4;1-7-3-5-8(6-4-7)9(10)11-2;2*1-6-2-4-7(5-3-6)8(9)10;2*1-6-2-4-7(8)5-3-6;1-4-5(2)3;1-3-4(5)6-2/h5,10H,6-8H2,1-4H3,(H,13,14);3,8H,4-6H2,1-2H3;2,7H,3-5H2,1H3,(H2,9,10);2,7H,3-5H2,1H3,(H,9,10);2*2,7H,3-5,8H2,1H3;4H,1-2H2,3H3;3H,1H2,2H3/t10-;;;;7-;;;/m0...0.../s1. The van der Waals surface area contributed by atoms with Crippen LogP contribution in [0.5, 0.6) is 0 Å². The van der Waals surface area contributed by atoms with Gasteiger partial charge in [0.15, 0.2) is 0 Å². The highest BCUT2D eigenvalue weighted by atomic mass is 16.6. The van der Waals surface area contributed by atoms with Crippen LogP contribution in [0.1, 0.15) is 185 Å². The number of methoxy groups -OCH3 is 2. The first-order chi connectivity index (χ1) is 34.2. The van der Waals surface area contributed by atoms with Gasteiger partial charge >= 0.3 is 24.0 Å². The van der Waals surface area contributed by atoms with Gasteiger partial charge in [0, 0.05) is 30.1 Å². The van der Waals surface area contributed by atoms with E-state index in [1.54, 1.807) is 6.08 Å². The second kappa shape index (κ2) is 40.2. The Morgan fingerprint density at radius 1 is 0.589 bits per heavy atom. The lowest BCUT2D eigenvalue weighted by molar-refractivity contribution is -0.145. The molecule has 0 radical (unpaired) electrons. The number of amides is 2. The van der Waals surface area contributed by atoms with Crippen LogP contribution in [0.3, 0.4) is 0 Å². The summed E-state index contributed by atoms with van der Waals surface area (Å²) in [4.78, 5) is 53.4. The molecule has 13 heteroatoms. The summed E-state index contributed by atoms with van der Waals surface area (Å²) in [6.45, 7) is 30.4. The molecule has 4 unspecified atom stereocenters. The number of carbonyl (C=O) groups excluding carboxylic acids is 4. The van der Waals surface area contributed by atoms with E-state index in [1.165, 1.54) is 73.3 Å². The number of aliphatic carboxylic acids is 1. The minimum absolute atomic E-state index is 0.0613. The van der Waals surface area contributed by atoms with Crippen LogP contribution in [-0.2, 0) is 33.4 Å². The van der Waals surface area contributed by atoms with Crippen LogP contribution in [0.25, 0.3) is 0 Å². The third-order valence-corrected chi connectivity index (χ3v) is 12.6. The van der Waals surface area contributed by atoms with E-state index in [0.717, 1.165) is 102 Å². The number of nitrogens with one attached hydrogen (secondary N) is 1. The first-order valence-electron chi connectivity index (χ1n) is 26.2. The fraction of sp³-hybridized carbons (Fsp3) is 0.617. The Kier molecular flexibility index (Phi) is 38.4. The van der Waals surface area contributed by atoms with Crippen LogP contribution in [0.2, 0.25) is 0 Å². The maximum absolute atomic E-state index is 11.5. The number of alkyl carbamates (subject to hydrolysis) is 1. The van der Waals surface area contributed by atoms with Gasteiger partial charge in [-0.2, -0.15) is 0 Å². The van der Waals surface area contributed by atoms with Gasteiger partial charge in [-0.3, -0.25) is 14.4 Å². The Labute approximate surface area is 442 Å². The van der Waals surface area contributed by atoms with Crippen molar-refractivity contribution >= 4 is 29.9 Å². The van der Waals surface area contributed by atoms with Gasteiger partial charge in [0.1, 0.15) is 5.60 Å². The summed E-state index contributed by atoms with van der Waals surface area (Å²) in [6, 6.07) is 1.13. The fourth-order valence-corrected chi connectivity index (χ4v) is 7.38. The number of rotatable bonds is 6. The highest BCUT2D eigenvalue weighted by Gasteiger charge is 2.22. The number of carbonyl (C=O) groups is 5. The summed E-state index contributed by atoms with van der Waals surface area (Å²) >= 11 is 0. The van der Waals surface area contributed by atoms with E-state index in [-0.39, 0.29) is 41.8 Å². The number of carboxylic acid groups (broad SMARTS) is 1. The first kappa shape index (κ1) is 69.8. The van der Waals surface area contributed by atoms with Gasteiger partial charge in [-0.15, -0.1) is 0 Å². The van der Waals surface area contributed by atoms with Crippen LogP contribution in [-0.4, -0.2) is 73.0 Å². The van der Waals surface area contributed by atoms with Gasteiger partial charge in [-0.1, -0.05) is 101 Å². The highest BCUT2D eigenvalue weighted by Crippen LogP contribution is 2.25. The molecule has 13 nitrogen and oxygen atoms in total. The monoisotopic (exact) mass is 1020 g/mol. The average Bonchev–Trinajstić information content (AvgIpc) is 3.35. The molecule has 0 heterocycles. The maximum Gasteiger partial charge on any atom is 0.407 e. The van der Waals surface area contributed by atoms with Crippen molar-refractivity contribution in [2.24, 2.45) is 35.0 Å².